The maximum atomic E-state index is 5.92. The molecule has 0 radical (unpaired) electrons. The fraction of sp³-hybridized carbons (Fsp3) is 0.455. The lowest BCUT2D eigenvalue weighted by Crippen LogP contribution is -2.25. The molecular formula is C22H29N5O2. The van der Waals surface area contributed by atoms with E-state index in [1.807, 2.05) is 31.3 Å². The molecule has 154 valence electrons. The van der Waals surface area contributed by atoms with Crippen molar-refractivity contribution in [2.45, 2.75) is 25.4 Å². The Bertz CT molecular complexity index is 893. The van der Waals surface area contributed by atoms with Gasteiger partial charge in [0.25, 0.3) is 0 Å². The van der Waals surface area contributed by atoms with Gasteiger partial charge in [0.1, 0.15) is 29.7 Å². The van der Waals surface area contributed by atoms with Crippen molar-refractivity contribution in [3.63, 3.8) is 0 Å². The molecule has 7 heteroatoms. The molecule has 29 heavy (non-hydrogen) atoms. The topological polar surface area (TPSA) is 71.5 Å². The monoisotopic (exact) mass is 395 g/mol. The number of benzene rings is 1. The zero-order chi connectivity index (χ0) is 20.2. The summed E-state index contributed by atoms with van der Waals surface area (Å²) in [6.07, 6.45) is 4.47. The Kier molecular flexibility index (Phi) is 5.97. The van der Waals surface area contributed by atoms with Gasteiger partial charge in [-0.05, 0) is 56.3 Å². The molecule has 1 aromatic heterocycles. The Balaban J connectivity index is 1.46. The molecule has 3 heterocycles. The van der Waals surface area contributed by atoms with Crippen LogP contribution < -0.4 is 20.1 Å². The maximum absolute atomic E-state index is 5.92. The summed E-state index contributed by atoms with van der Waals surface area (Å²) in [4.78, 5) is 11.7. The minimum Gasteiger partial charge on any atom is -0.497 e. The van der Waals surface area contributed by atoms with Crippen LogP contribution in [0.1, 0.15) is 36.0 Å². The van der Waals surface area contributed by atoms with E-state index < -0.39 is 0 Å². The van der Waals surface area contributed by atoms with E-state index in [2.05, 4.69) is 33.6 Å². The third-order valence-corrected chi connectivity index (χ3v) is 5.32. The predicted octanol–water partition coefficient (Wildman–Crippen LogP) is 2.86. The summed E-state index contributed by atoms with van der Waals surface area (Å²) in [6.45, 7) is 3.20. The van der Waals surface area contributed by atoms with Crippen LogP contribution in [0.15, 0.2) is 29.8 Å². The molecule has 4 rings (SSSR count). The van der Waals surface area contributed by atoms with Crippen molar-refractivity contribution in [1.82, 2.24) is 20.2 Å². The van der Waals surface area contributed by atoms with Crippen molar-refractivity contribution in [2.24, 2.45) is 0 Å². The maximum Gasteiger partial charge on any atom is 0.147 e. The number of hydrogen-bond donors (Lipinski definition) is 2. The molecule has 1 atom stereocenters. The van der Waals surface area contributed by atoms with Gasteiger partial charge in [0.15, 0.2) is 0 Å². The largest absolute Gasteiger partial charge is 0.497 e. The number of ether oxygens (including phenoxy) is 2. The molecular weight excluding hydrogens is 366 g/mol. The van der Waals surface area contributed by atoms with E-state index in [1.54, 1.807) is 7.11 Å². The van der Waals surface area contributed by atoms with Gasteiger partial charge in [-0.15, -0.1) is 0 Å². The molecule has 0 saturated carbocycles. The smallest absolute Gasteiger partial charge is 0.147 e. The van der Waals surface area contributed by atoms with Crippen LogP contribution in [0.5, 0.6) is 11.5 Å². The van der Waals surface area contributed by atoms with Crippen molar-refractivity contribution in [3.05, 3.63) is 46.9 Å². The van der Waals surface area contributed by atoms with Gasteiger partial charge in [-0.1, -0.05) is 0 Å². The van der Waals surface area contributed by atoms with E-state index in [0.717, 1.165) is 60.5 Å². The summed E-state index contributed by atoms with van der Waals surface area (Å²) in [7, 11) is 5.69. The van der Waals surface area contributed by atoms with Gasteiger partial charge in [0, 0.05) is 31.8 Å². The number of nitrogens with zero attached hydrogens (tertiary/aromatic N) is 3. The predicted molar refractivity (Wildman–Crippen MR) is 114 cm³/mol. The van der Waals surface area contributed by atoms with Gasteiger partial charge < -0.3 is 20.1 Å². The minimum atomic E-state index is 0.258. The number of fused-ring (bicyclic) bond motifs is 1. The Morgan fingerprint density at radius 1 is 1.28 bits per heavy atom. The molecule has 2 aliphatic heterocycles. The Hall–Kier alpha value is -2.64. The first-order chi connectivity index (χ1) is 14.1. The first kappa shape index (κ1) is 19.7. The van der Waals surface area contributed by atoms with E-state index in [0.29, 0.717) is 6.61 Å². The fourth-order valence-corrected chi connectivity index (χ4v) is 3.89. The van der Waals surface area contributed by atoms with Gasteiger partial charge in [0.05, 0.1) is 18.8 Å². The highest BCUT2D eigenvalue weighted by atomic mass is 16.5. The molecule has 7 nitrogen and oxygen atoms in total. The number of nitrogens with one attached hydrogen (secondary N) is 2. The lowest BCUT2D eigenvalue weighted by molar-refractivity contribution is 0.302. The number of hydrogen-bond acceptors (Lipinski definition) is 7. The standard InChI is InChI=1S/C22H29N5O2/c1-23-21-11-17(25-22(26-21)19-5-4-8-24-19)13-27(2)12-15-9-16-10-18(28-3)6-7-20(16)29-14-15/h6-7,9-11,19,24H,4-5,8,12-14H2,1-3H3,(H,23,25,26)/t19-/m0/s1. The summed E-state index contributed by atoms with van der Waals surface area (Å²) in [5.74, 6) is 3.50. The van der Waals surface area contributed by atoms with Crippen LogP contribution in [0.4, 0.5) is 5.82 Å². The number of likely N-dealkylation sites (N-methyl/N-ethyl adjacent to an activating group) is 1. The van der Waals surface area contributed by atoms with Crippen LogP contribution in [0.25, 0.3) is 6.08 Å². The van der Waals surface area contributed by atoms with Gasteiger partial charge in [-0.3, -0.25) is 4.90 Å². The number of methoxy groups -OCH3 is 1. The van der Waals surface area contributed by atoms with Crippen molar-refractivity contribution in [3.8, 4) is 11.5 Å². The number of rotatable bonds is 7. The SMILES string of the molecule is CNc1cc(CN(C)CC2=Cc3cc(OC)ccc3OC2)nc([C@@H]2CCCN2)n1. The molecule has 2 aliphatic rings. The Morgan fingerprint density at radius 3 is 2.93 bits per heavy atom. The van der Waals surface area contributed by atoms with Crippen LogP contribution in [0.2, 0.25) is 0 Å². The van der Waals surface area contributed by atoms with E-state index in [9.17, 15) is 0 Å². The second-order valence-corrected chi connectivity index (χ2v) is 7.67. The number of aromatic nitrogens is 2. The lowest BCUT2D eigenvalue weighted by atomic mass is 10.1. The van der Waals surface area contributed by atoms with Crippen molar-refractivity contribution in [2.75, 3.05) is 46.2 Å². The molecule has 0 aliphatic carbocycles. The molecule has 0 unspecified atom stereocenters. The number of anilines is 1. The summed E-state index contributed by atoms with van der Waals surface area (Å²) in [5, 5.41) is 6.65. The Morgan fingerprint density at radius 2 is 2.17 bits per heavy atom. The molecule has 2 N–H and O–H groups in total. The highest BCUT2D eigenvalue weighted by Crippen LogP contribution is 2.30. The van der Waals surface area contributed by atoms with E-state index in [1.165, 1.54) is 12.0 Å². The van der Waals surface area contributed by atoms with Gasteiger partial charge >= 0.3 is 0 Å². The second kappa shape index (κ2) is 8.80. The molecule has 0 spiro atoms. The van der Waals surface area contributed by atoms with E-state index in [4.69, 9.17) is 14.5 Å². The van der Waals surface area contributed by atoms with Gasteiger partial charge in [0.2, 0.25) is 0 Å². The van der Waals surface area contributed by atoms with Crippen LogP contribution in [0.3, 0.4) is 0 Å². The normalized spacial score (nSPS) is 18.2. The summed E-state index contributed by atoms with van der Waals surface area (Å²) >= 11 is 0. The van der Waals surface area contributed by atoms with E-state index in [-0.39, 0.29) is 6.04 Å². The van der Waals surface area contributed by atoms with Crippen molar-refractivity contribution < 1.29 is 9.47 Å². The van der Waals surface area contributed by atoms with Gasteiger partial charge in [-0.2, -0.15) is 0 Å². The van der Waals surface area contributed by atoms with Crippen LogP contribution in [0, 0.1) is 0 Å². The second-order valence-electron chi connectivity index (χ2n) is 7.67. The zero-order valence-corrected chi connectivity index (χ0v) is 17.4. The molecule has 0 bridgehead atoms. The third-order valence-electron chi connectivity index (χ3n) is 5.32. The summed E-state index contributed by atoms with van der Waals surface area (Å²) in [5.41, 5.74) is 3.32. The zero-order valence-electron chi connectivity index (χ0n) is 17.4. The van der Waals surface area contributed by atoms with Crippen LogP contribution in [-0.2, 0) is 6.54 Å². The average molecular weight is 396 g/mol. The third kappa shape index (κ3) is 4.68. The first-order valence-electron chi connectivity index (χ1n) is 10.1. The lowest BCUT2D eigenvalue weighted by Gasteiger charge is -2.23. The summed E-state index contributed by atoms with van der Waals surface area (Å²) < 4.78 is 11.2. The average Bonchev–Trinajstić information content (AvgIpc) is 3.27. The summed E-state index contributed by atoms with van der Waals surface area (Å²) in [6, 6.07) is 8.19. The highest BCUT2D eigenvalue weighted by molar-refractivity contribution is 5.64. The Labute approximate surface area is 172 Å². The van der Waals surface area contributed by atoms with Crippen molar-refractivity contribution in [1.29, 1.82) is 0 Å². The van der Waals surface area contributed by atoms with Crippen LogP contribution >= 0.6 is 0 Å². The first-order valence-corrected chi connectivity index (χ1v) is 10.1. The quantitative estimate of drug-likeness (QED) is 0.747. The van der Waals surface area contributed by atoms with Gasteiger partial charge in [-0.25, -0.2) is 9.97 Å². The van der Waals surface area contributed by atoms with E-state index >= 15 is 0 Å². The molecule has 1 aromatic carbocycles. The molecule has 0 amide bonds. The molecule has 1 fully saturated rings. The fourth-order valence-electron chi connectivity index (χ4n) is 3.89. The van der Waals surface area contributed by atoms with Crippen LogP contribution in [-0.4, -0.2) is 55.8 Å². The minimum absolute atomic E-state index is 0.258. The molecule has 1 saturated heterocycles. The van der Waals surface area contributed by atoms with Crippen molar-refractivity contribution >= 4 is 11.9 Å². The highest BCUT2D eigenvalue weighted by Gasteiger charge is 2.21. The molecule has 2 aromatic rings.